The number of nitrogens with one attached hydrogen (secondary N) is 1. The molecule has 0 aliphatic heterocycles. The molecule has 3 rings (SSSR count). The number of benzene rings is 3. The predicted molar refractivity (Wildman–Crippen MR) is 128 cm³/mol. The van der Waals surface area contributed by atoms with Crippen LogP contribution in [0.1, 0.15) is 23.6 Å². The molecule has 0 saturated carbocycles. The molecular weight excluding hydrogens is 424 g/mol. The van der Waals surface area contributed by atoms with Gasteiger partial charge in [-0.15, -0.1) is 11.8 Å². The van der Waals surface area contributed by atoms with Crippen molar-refractivity contribution in [3.05, 3.63) is 105 Å². The SMILES string of the molecule is CCc1ccccc1N/C(SCc1ccc(C)cc1)=C(/C#N)S(=O)(=O)c1ccccc1. The van der Waals surface area contributed by atoms with Crippen LogP contribution in [0.25, 0.3) is 0 Å². The van der Waals surface area contributed by atoms with Gasteiger partial charge in [-0.1, -0.05) is 73.2 Å². The van der Waals surface area contributed by atoms with Crippen molar-refractivity contribution in [2.24, 2.45) is 0 Å². The van der Waals surface area contributed by atoms with Crippen LogP contribution in [0.3, 0.4) is 0 Å². The zero-order valence-corrected chi connectivity index (χ0v) is 19.1. The van der Waals surface area contributed by atoms with Crippen LogP contribution in [0.15, 0.2) is 93.7 Å². The maximum absolute atomic E-state index is 13.3. The van der Waals surface area contributed by atoms with Crippen molar-refractivity contribution < 1.29 is 8.42 Å². The zero-order valence-electron chi connectivity index (χ0n) is 17.5. The fourth-order valence-electron chi connectivity index (χ4n) is 3.02. The van der Waals surface area contributed by atoms with Crippen molar-refractivity contribution in [1.29, 1.82) is 5.26 Å². The highest BCUT2D eigenvalue weighted by Gasteiger charge is 2.25. The normalized spacial score (nSPS) is 12.0. The standard InChI is InChI=1S/C25H24N2O2S2/c1-3-21-9-7-8-12-23(21)27-25(30-18-20-15-13-19(2)14-16-20)24(17-26)31(28,29)22-10-5-4-6-11-22/h4-16,27H,3,18H2,1-2H3/b25-24+. The van der Waals surface area contributed by atoms with Gasteiger partial charge < -0.3 is 5.32 Å². The summed E-state index contributed by atoms with van der Waals surface area (Å²) in [4.78, 5) is -0.174. The number of sulfone groups is 1. The molecule has 0 heterocycles. The molecule has 0 spiro atoms. The Hall–Kier alpha value is -3.01. The highest BCUT2D eigenvalue weighted by atomic mass is 32.2. The average molecular weight is 449 g/mol. The van der Waals surface area contributed by atoms with Gasteiger partial charge in [0.1, 0.15) is 11.1 Å². The van der Waals surface area contributed by atoms with Crippen molar-refractivity contribution in [3.8, 4) is 6.07 Å². The van der Waals surface area contributed by atoms with E-state index >= 15 is 0 Å². The van der Waals surface area contributed by atoms with Crippen molar-refractivity contribution >= 4 is 27.3 Å². The molecule has 0 aliphatic rings. The Morgan fingerprint density at radius 1 is 0.968 bits per heavy atom. The fourth-order valence-corrected chi connectivity index (χ4v) is 5.56. The summed E-state index contributed by atoms with van der Waals surface area (Å²) in [5, 5.41) is 13.5. The molecule has 1 N–H and O–H groups in total. The molecule has 0 bridgehead atoms. The van der Waals surface area contributed by atoms with Gasteiger partial charge in [0, 0.05) is 11.4 Å². The van der Waals surface area contributed by atoms with Gasteiger partial charge in [0.15, 0.2) is 4.91 Å². The third-order valence-corrected chi connectivity index (χ3v) is 7.71. The molecule has 0 atom stereocenters. The number of nitriles is 1. The van der Waals surface area contributed by atoms with Crippen molar-refractivity contribution in [1.82, 2.24) is 0 Å². The van der Waals surface area contributed by atoms with Gasteiger partial charge in [-0.25, -0.2) is 8.42 Å². The molecule has 0 amide bonds. The van der Waals surface area contributed by atoms with Crippen LogP contribution in [-0.4, -0.2) is 8.42 Å². The van der Waals surface area contributed by atoms with E-state index in [0.717, 1.165) is 28.8 Å². The van der Waals surface area contributed by atoms with Gasteiger partial charge in [0.25, 0.3) is 0 Å². The number of hydrogen-bond acceptors (Lipinski definition) is 5. The molecule has 6 heteroatoms. The number of nitrogens with zero attached hydrogens (tertiary/aromatic N) is 1. The van der Waals surface area contributed by atoms with Gasteiger partial charge in [0.05, 0.1) is 4.90 Å². The van der Waals surface area contributed by atoms with Gasteiger partial charge in [-0.2, -0.15) is 5.26 Å². The van der Waals surface area contributed by atoms with E-state index in [4.69, 9.17) is 0 Å². The van der Waals surface area contributed by atoms with Crippen LogP contribution in [0.2, 0.25) is 0 Å². The van der Waals surface area contributed by atoms with E-state index in [1.54, 1.807) is 18.2 Å². The molecule has 0 aliphatic carbocycles. The van der Waals surface area contributed by atoms with Gasteiger partial charge in [0.2, 0.25) is 9.84 Å². The van der Waals surface area contributed by atoms with Crippen LogP contribution in [-0.2, 0) is 22.0 Å². The summed E-state index contributed by atoms with van der Waals surface area (Å²) >= 11 is 1.32. The maximum atomic E-state index is 13.3. The monoisotopic (exact) mass is 448 g/mol. The summed E-state index contributed by atoms with van der Waals surface area (Å²) in [6.45, 7) is 4.06. The molecule has 4 nitrogen and oxygen atoms in total. The smallest absolute Gasteiger partial charge is 0.219 e. The van der Waals surface area contributed by atoms with Gasteiger partial charge in [-0.05, 0) is 42.7 Å². The first-order valence-corrected chi connectivity index (χ1v) is 12.4. The molecule has 0 fully saturated rings. The van der Waals surface area contributed by atoms with E-state index in [1.165, 1.54) is 23.9 Å². The molecule has 3 aromatic carbocycles. The first kappa shape index (κ1) is 22.7. The number of rotatable bonds is 8. The molecule has 0 radical (unpaired) electrons. The molecule has 3 aromatic rings. The summed E-state index contributed by atoms with van der Waals surface area (Å²) in [5.41, 5.74) is 4.05. The molecule has 0 aromatic heterocycles. The largest absolute Gasteiger partial charge is 0.348 e. The third kappa shape index (κ3) is 5.57. The Morgan fingerprint density at radius 3 is 2.26 bits per heavy atom. The summed E-state index contributed by atoms with van der Waals surface area (Å²) in [5.74, 6) is 0.534. The lowest BCUT2D eigenvalue weighted by Gasteiger charge is -2.16. The Labute approximate surface area is 188 Å². The van der Waals surface area contributed by atoms with E-state index in [0.29, 0.717) is 10.8 Å². The van der Waals surface area contributed by atoms with E-state index in [9.17, 15) is 13.7 Å². The van der Waals surface area contributed by atoms with Crippen LogP contribution in [0.5, 0.6) is 0 Å². The Morgan fingerprint density at radius 2 is 1.61 bits per heavy atom. The van der Waals surface area contributed by atoms with Crippen LogP contribution in [0.4, 0.5) is 5.69 Å². The van der Waals surface area contributed by atoms with Crippen molar-refractivity contribution in [2.75, 3.05) is 5.32 Å². The highest BCUT2D eigenvalue weighted by Crippen LogP contribution is 2.32. The lowest BCUT2D eigenvalue weighted by Crippen LogP contribution is -2.11. The quantitative estimate of drug-likeness (QED) is 0.424. The molecule has 158 valence electrons. The number of hydrogen-bond donors (Lipinski definition) is 1. The lowest BCUT2D eigenvalue weighted by molar-refractivity contribution is 0.603. The second-order valence-electron chi connectivity index (χ2n) is 7.00. The third-order valence-electron chi connectivity index (χ3n) is 4.78. The van der Waals surface area contributed by atoms with Crippen LogP contribution in [0, 0.1) is 18.3 Å². The number of para-hydroxylation sites is 1. The summed E-state index contributed by atoms with van der Waals surface area (Å²) in [7, 11) is -3.97. The topological polar surface area (TPSA) is 70.0 Å². The first-order valence-electron chi connectivity index (χ1n) is 9.93. The van der Waals surface area contributed by atoms with Crippen LogP contribution < -0.4 is 5.32 Å². The van der Waals surface area contributed by atoms with E-state index < -0.39 is 9.84 Å². The minimum absolute atomic E-state index is 0.102. The number of anilines is 1. The molecular formula is C25H24N2O2S2. The number of allylic oxidation sites excluding steroid dienone is 1. The lowest BCUT2D eigenvalue weighted by atomic mass is 10.1. The second-order valence-corrected chi connectivity index (χ2v) is 9.87. The number of thioether (sulfide) groups is 1. The minimum Gasteiger partial charge on any atom is -0.348 e. The second kappa shape index (κ2) is 10.3. The first-order chi connectivity index (χ1) is 15.0. The minimum atomic E-state index is -3.97. The predicted octanol–water partition coefficient (Wildman–Crippen LogP) is 6.07. The van der Waals surface area contributed by atoms with Crippen molar-refractivity contribution in [2.45, 2.75) is 30.9 Å². The summed E-state index contributed by atoms with van der Waals surface area (Å²) in [6.07, 6.45) is 0.784. The zero-order chi connectivity index (χ0) is 22.3. The van der Waals surface area contributed by atoms with E-state index in [2.05, 4.69) is 5.32 Å². The van der Waals surface area contributed by atoms with Gasteiger partial charge >= 0.3 is 0 Å². The van der Waals surface area contributed by atoms with E-state index in [-0.39, 0.29) is 9.80 Å². The summed E-state index contributed by atoms with van der Waals surface area (Å²) < 4.78 is 26.5. The maximum Gasteiger partial charge on any atom is 0.219 e. The Kier molecular flexibility index (Phi) is 7.56. The molecule has 0 saturated heterocycles. The summed E-state index contributed by atoms with van der Waals surface area (Å²) in [6, 6.07) is 25.8. The van der Waals surface area contributed by atoms with Gasteiger partial charge in [-0.3, -0.25) is 0 Å². The Balaban J connectivity index is 2.06. The van der Waals surface area contributed by atoms with Crippen molar-refractivity contribution in [3.63, 3.8) is 0 Å². The van der Waals surface area contributed by atoms with Crippen LogP contribution >= 0.6 is 11.8 Å². The average Bonchev–Trinajstić information content (AvgIpc) is 2.79. The molecule has 31 heavy (non-hydrogen) atoms. The Bertz CT molecular complexity index is 1210. The highest BCUT2D eigenvalue weighted by molar-refractivity contribution is 8.04. The fraction of sp³-hybridized carbons (Fsp3) is 0.160. The number of aryl methyl sites for hydroxylation is 2. The molecule has 0 unspecified atom stereocenters. The van der Waals surface area contributed by atoms with E-state index in [1.807, 2.05) is 68.4 Å².